The van der Waals surface area contributed by atoms with Crippen molar-refractivity contribution in [2.45, 2.75) is 63.6 Å². The van der Waals surface area contributed by atoms with Crippen molar-refractivity contribution < 1.29 is 9.53 Å². The molecule has 4 heterocycles. The van der Waals surface area contributed by atoms with Crippen molar-refractivity contribution in [2.75, 3.05) is 57.3 Å². The third-order valence-electron chi connectivity index (χ3n) is 9.50. The van der Waals surface area contributed by atoms with Crippen LogP contribution < -0.4 is 9.64 Å². The Labute approximate surface area is 254 Å². The topological polar surface area (TPSA) is 113 Å². The first-order chi connectivity index (χ1) is 21.1. The van der Waals surface area contributed by atoms with Crippen LogP contribution in [0.25, 0.3) is 0 Å². The number of fused-ring (bicyclic) bond motifs is 2. The van der Waals surface area contributed by atoms with Gasteiger partial charge in [-0.15, -0.1) is 0 Å². The Morgan fingerprint density at radius 3 is 2.74 bits per heavy atom. The summed E-state index contributed by atoms with van der Waals surface area (Å²) < 4.78 is 6.20. The highest BCUT2D eigenvalue weighted by Crippen LogP contribution is 2.34. The van der Waals surface area contributed by atoms with Gasteiger partial charge in [-0.1, -0.05) is 12.6 Å². The smallest absolute Gasteiger partial charge is 0.318 e. The average molecular weight is 581 g/mol. The van der Waals surface area contributed by atoms with Crippen LogP contribution in [-0.2, 0) is 30.6 Å². The molecule has 2 fully saturated rings. The van der Waals surface area contributed by atoms with Gasteiger partial charge in [-0.2, -0.15) is 20.5 Å². The van der Waals surface area contributed by atoms with Gasteiger partial charge in [-0.05, 0) is 74.5 Å². The van der Waals surface area contributed by atoms with Crippen molar-refractivity contribution in [2.24, 2.45) is 0 Å². The number of piperazine rings is 1. The molecular formula is C33H40N8O2. The Bertz CT molecular complexity index is 1440. The monoisotopic (exact) mass is 580 g/mol. The second kappa shape index (κ2) is 13.1. The summed E-state index contributed by atoms with van der Waals surface area (Å²) in [5, 5.41) is 18.9. The molecule has 2 atom stereocenters. The number of ether oxygens (including phenoxy) is 1. The van der Waals surface area contributed by atoms with E-state index in [0.717, 1.165) is 75.5 Å². The largest absolute Gasteiger partial charge is 0.462 e. The number of likely N-dealkylation sites (tertiary alicyclic amines) is 1. The number of hydrogen-bond donors (Lipinski definition) is 0. The zero-order chi connectivity index (χ0) is 29.8. The number of aromatic nitrogens is 2. The molecular weight excluding hydrogens is 540 g/mol. The van der Waals surface area contributed by atoms with Crippen molar-refractivity contribution in [3.05, 3.63) is 58.8 Å². The van der Waals surface area contributed by atoms with Gasteiger partial charge in [0, 0.05) is 57.3 Å². The zero-order valence-electron chi connectivity index (χ0n) is 24.9. The molecule has 0 bridgehead atoms. The van der Waals surface area contributed by atoms with E-state index < -0.39 is 0 Å². The lowest BCUT2D eigenvalue weighted by molar-refractivity contribution is -0.128. The lowest BCUT2D eigenvalue weighted by Gasteiger charge is -2.42. The quantitative estimate of drug-likeness (QED) is 0.435. The number of nitriles is 2. The normalized spacial score (nSPS) is 22.3. The molecule has 2 unspecified atom stereocenters. The molecule has 4 aliphatic rings. The van der Waals surface area contributed by atoms with Crippen LogP contribution in [0, 0.1) is 22.7 Å². The van der Waals surface area contributed by atoms with Crippen LogP contribution in [0.3, 0.4) is 0 Å². The molecule has 2 saturated heterocycles. The molecule has 1 aromatic heterocycles. The maximum Gasteiger partial charge on any atom is 0.318 e. The summed E-state index contributed by atoms with van der Waals surface area (Å²) in [5.41, 5.74) is 5.50. The van der Waals surface area contributed by atoms with E-state index in [1.54, 1.807) is 4.90 Å². The van der Waals surface area contributed by atoms with Crippen LogP contribution in [0.4, 0.5) is 5.82 Å². The molecule has 10 nitrogen and oxygen atoms in total. The van der Waals surface area contributed by atoms with E-state index in [-0.39, 0.29) is 18.4 Å². The van der Waals surface area contributed by atoms with Gasteiger partial charge in [0.05, 0.1) is 35.9 Å². The third kappa shape index (κ3) is 6.36. The van der Waals surface area contributed by atoms with Crippen LogP contribution in [0.1, 0.15) is 53.6 Å². The number of carbonyl (C=O) groups excluding carboxylic acids is 1. The zero-order valence-corrected chi connectivity index (χ0v) is 24.9. The summed E-state index contributed by atoms with van der Waals surface area (Å²) in [6.45, 7) is 10.8. The van der Waals surface area contributed by atoms with Gasteiger partial charge in [0.15, 0.2) is 0 Å². The molecule has 43 heavy (non-hydrogen) atoms. The number of rotatable bonds is 8. The van der Waals surface area contributed by atoms with Gasteiger partial charge < -0.3 is 14.5 Å². The maximum absolute atomic E-state index is 12.5. The molecule has 0 spiro atoms. The lowest BCUT2D eigenvalue weighted by atomic mass is 9.88. The Balaban J connectivity index is 1.24. The van der Waals surface area contributed by atoms with Crippen LogP contribution in [0.5, 0.6) is 6.01 Å². The van der Waals surface area contributed by atoms with E-state index in [1.165, 1.54) is 30.0 Å². The van der Waals surface area contributed by atoms with Crippen LogP contribution >= 0.6 is 0 Å². The fraction of sp³-hybridized carbons (Fsp3) is 0.545. The summed E-state index contributed by atoms with van der Waals surface area (Å²) in [6.07, 6.45) is 7.74. The molecule has 1 aliphatic carbocycles. The molecule has 0 N–H and O–H groups in total. The molecule has 224 valence electrons. The third-order valence-corrected chi connectivity index (χ3v) is 9.50. The highest BCUT2D eigenvalue weighted by Gasteiger charge is 2.35. The van der Waals surface area contributed by atoms with Crippen LogP contribution in [0.15, 0.2) is 30.9 Å². The highest BCUT2D eigenvalue weighted by molar-refractivity contribution is 5.87. The standard InChI is InChI=1S/C33H40N8O2/c1-2-31(42)41-16-15-40(23-28(41)9-11-34)32-29-8-7-27(39-14-10-25-6-5-24(21-35)19-26(25)22-39)20-30(29)36-33(37-32)43-18-17-38-12-3-4-13-38/h2,5-6,19,27-28H,1,3-4,7-10,12-18,20,22-23H2. The minimum absolute atomic E-state index is 0.136. The number of hydrogen-bond acceptors (Lipinski definition) is 9. The van der Waals surface area contributed by atoms with Crippen molar-refractivity contribution in [1.82, 2.24) is 24.7 Å². The summed E-state index contributed by atoms with van der Waals surface area (Å²) in [7, 11) is 0. The van der Waals surface area contributed by atoms with Gasteiger partial charge in [-0.25, -0.2) is 0 Å². The van der Waals surface area contributed by atoms with E-state index in [4.69, 9.17) is 14.7 Å². The summed E-state index contributed by atoms with van der Waals surface area (Å²) >= 11 is 0. The molecule has 6 rings (SSSR count). The van der Waals surface area contributed by atoms with E-state index >= 15 is 0 Å². The molecule has 0 saturated carbocycles. The van der Waals surface area contributed by atoms with E-state index in [1.807, 2.05) is 12.1 Å². The molecule has 1 aromatic carbocycles. The van der Waals surface area contributed by atoms with Gasteiger partial charge in [0.1, 0.15) is 12.4 Å². The van der Waals surface area contributed by atoms with Crippen molar-refractivity contribution in [3.63, 3.8) is 0 Å². The second-order valence-electron chi connectivity index (χ2n) is 12.1. The van der Waals surface area contributed by atoms with Gasteiger partial charge in [0.2, 0.25) is 5.91 Å². The number of carbonyl (C=O) groups is 1. The Hall–Kier alpha value is -3.99. The van der Waals surface area contributed by atoms with Crippen molar-refractivity contribution in [1.29, 1.82) is 10.5 Å². The molecule has 1 amide bonds. The van der Waals surface area contributed by atoms with Crippen molar-refractivity contribution in [3.8, 4) is 18.1 Å². The Morgan fingerprint density at radius 1 is 1.09 bits per heavy atom. The summed E-state index contributed by atoms with van der Waals surface area (Å²) in [5.74, 6) is 0.749. The lowest BCUT2D eigenvalue weighted by Crippen LogP contribution is -2.55. The number of anilines is 1. The second-order valence-corrected chi connectivity index (χ2v) is 12.1. The maximum atomic E-state index is 12.5. The van der Waals surface area contributed by atoms with E-state index in [9.17, 15) is 15.3 Å². The van der Waals surface area contributed by atoms with Crippen molar-refractivity contribution >= 4 is 11.7 Å². The number of benzene rings is 1. The van der Waals surface area contributed by atoms with Gasteiger partial charge >= 0.3 is 6.01 Å². The predicted octanol–water partition coefficient (Wildman–Crippen LogP) is 2.86. The van der Waals surface area contributed by atoms with E-state index in [0.29, 0.717) is 43.9 Å². The first-order valence-electron chi connectivity index (χ1n) is 15.6. The Morgan fingerprint density at radius 2 is 1.95 bits per heavy atom. The SMILES string of the molecule is C=CC(=O)N1CCN(c2nc(OCCN3CCCC3)nc3c2CCC(N2CCc4ccc(C#N)cc4C2)C3)CC1CC#N. The predicted molar refractivity (Wildman–Crippen MR) is 162 cm³/mol. The molecule has 10 heteroatoms. The average Bonchev–Trinajstić information content (AvgIpc) is 3.57. The summed E-state index contributed by atoms with van der Waals surface area (Å²) in [6, 6.07) is 11.2. The number of nitrogens with zero attached hydrogens (tertiary/aromatic N) is 8. The first kappa shape index (κ1) is 29.1. The minimum Gasteiger partial charge on any atom is -0.462 e. The first-order valence-corrected chi connectivity index (χ1v) is 15.6. The molecule has 0 radical (unpaired) electrons. The fourth-order valence-electron chi connectivity index (χ4n) is 7.16. The van der Waals surface area contributed by atoms with Gasteiger partial charge in [0.25, 0.3) is 0 Å². The minimum atomic E-state index is -0.225. The summed E-state index contributed by atoms with van der Waals surface area (Å²) in [4.78, 5) is 31.4. The van der Waals surface area contributed by atoms with Crippen LogP contribution in [-0.4, -0.2) is 95.1 Å². The molecule has 3 aliphatic heterocycles. The van der Waals surface area contributed by atoms with Crippen LogP contribution in [0.2, 0.25) is 0 Å². The Kier molecular flexibility index (Phi) is 8.87. The number of amides is 1. The fourth-order valence-corrected chi connectivity index (χ4v) is 7.16. The van der Waals surface area contributed by atoms with E-state index in [2.05, 4.69) is 39.5 Å². The highest BCUT2D eigenvalue weighted by atomic mass is 16.5. The molecule has 2 aromatic rings. The van der Waals surface area contributed by atoms with Gasteiger partial charge in [-0.3, -0.25) is 14.6 Å².